The summed E-state index contributed by atoms with van der Waals surface area (Å²) >= 11 is 0. The van der Waals surface area contributed by atoms with Crippen molar-refractivity contribution in [2.75, 3.05) is 20.8 Å². The highest BCUT2D eigenvalue weighted by Gasteiger charge is 2.06. The summed E-state index contributed by atoms with van der Waals surface area (Å²) in [5, 5.41) is 10.5. The number of amides is 2. The molecule has 6 nitrogen and oxygen atoms in total. The van der Waals surface area contributed by atoms with Crippen LogP contribution in [0, 0.1) is 0 Å². The van der Waals surface area contributed by atoms with Gasteiger partial charge in [-0.25, -0.2) is 9.59 Å². The molecule has 0 heterocycles. The van der Waals surface area contributed by atoms with Crippen LogP contribution in [-0.4, -0.2) is 43.0 Å². The van der Waals surface area contributed by atoms with Crippen molar-refractivity contribution in [1.82, 2.24) is 10.2 Å². The Bertz CT molecular complexity index is 159. The molecule has 0 aliphatic heterocycles. The standard InChI is InChI=1S/C5H10N2O4/c1-6-4(8)11-3-7(2)5(9)10/h3H2,1-2H3,(H,6,8)(H,9,10). The topological polar surface area (TPSA) is 78.9 Å². The van der Waals surface area contributed by atoms with E-state index in [4.69, 9.17) is 5.11 Å². The number of carboxylic acid groups (broad SMARTS) is 1. The number of rotatable bonds is 2. The molecule has 0 aromatic heterocycles. The highest BCUT2D eigenvalue weighted by Crippen LogP contribution is 1.84. The number of hydrogen-bond acceptors (Lipinski definition) is 3. The van der Waals surface area contributed by atoms with Crippen LogP contribution in [0.4, 0.5) is 9.59 Å². The van der Waals surface area contributed by atoms with Crippen molar-refractivity contribution in [3.05, 3.63) is 0 Å². The molecule has 0 aliphatic carbocycles. The van der Waals surface area contributed by atoms with Gasteiger partial charge in [0.05, 0.1) is 0 Å². The van der Waals surface area contributed by atoms with Crippen molar-refractivity contribution < 1.29 is 19.4 Å². The Kier molecular flexibility index (Phi) is 3.79. The predicted molar refractivity (Wildman–Crippen MR) is 36.2 cm³/mol. The Hall–Kier alpha value is -1.46. The number of alkyl carbamates (subject to hydrolysis) is 1. The highest BCUT2D eigenvalue weighted by molar-refractivity contribution is 5.68. The van der Waals surface area contributed by atoms with E-state index >= 15 is 0 Å². The largest absolute Gasteiger partial charge is 0.465 e. The van der Waals surface area contributed by atoms with E-state index in [1.807, 2.05) is 0 Å². The number of carbonyl (C=O) groups is 2. The van der Waals surface area contributed by atoms with Gasteiger partial charge < -0.3 is 15.2 Å². The van der Waals surface area contributed by atoms with E-state index in [-0.39, 0.29) is 6.73 Å². The molecule has 0 unspecified atom stereocenters. The second-order valence-corrected chi connectivity index (χ2v) is 1.79. The maximum Gasteiger partial charge on any atom is 0.409 e. The third-order valence-corrected chi connectivity index (χ3v) is 0.920. The smallest absolute Gasteiger partial charge is 0.409 e. The number of nitrogens with zero attached hydrogens (tertiary/aromatic N) is 1. The van der Waals surface area contributed by atoms with Gasteiger partial charge in [0, 0.05) is 14.1 Å². The Morgan fingerprint density at radius 3 is 2.55 bits per heavy atom. The van der Waals surface area contributed by atoms with E-state index in [9.17, 15) is 9.59 Å². The Morgan fingerprint density at radius 2 is 2.18 bits per heavy atom. The van der Waals surface area contributed by atoms with E-state index in [2.05, 4.69) is 10.1 Å². The van der Waals surface area contributed by atoms with Crippen LogP contribution in [0.2, 0.25) is 0 Å². The monoisotopic (exact) mass is 162 g/mol. The van der Waals surface area contributed by atoms with Crippen molar-refractivity contribution in [2.24, 2.45) is 0 Å². The lowest BCUT2D eigenvalue weighted by molar-refractivity contribution is 0.0782. The maximum atomic E-state index is 10.4. The molecule has 0 saturated carbocycles. The number of nitrogens with one attached hydrogen (secondary N) is 1. The molecule has 0 atom stereocenters. The molecule has 11 heavy (non-hydrogen) atoms. The molecule has 2 N–H and O–H groups in total. The quantitative estimate of drug-likeness (QED) is 0.556. The van der Waals surface area contributed by atoms with Crippen LogP contribution in [0.1, 0.15) is 0 Å². The molecule has 0 bridgehead atoms. The van der Waals surface area contributed by atoms with E-state index < -0.39 is 12.2 Å². The Morgan fingerprint density at radius 1 is 1.64 bits per heavy atom. The van der Waals surface area contributed by atoms with Crippen molar-refractivity contribution in [2.45, 2.75) is 0 Å². The van der Waals surface area contributed by atoms with Crippen LogP contribution in [0.25, 0.3) is 0 Å². The summed E-state index contributed by atoms with van der Waals surface area (Å²) in [6.45, 7) is -0.269. The van der Waals surface area contributed by atoms with Gasteiger partial charge in [0.25, 0.3) is 0 Å². The average Bonchev–Trinajstić information content (AvgIpc) is 1.99. The second kappa shape index (κ2) is 4.37. The fourth-order valence-electron chi connectivity index (χ4n) is 0.283. The molecule has 0 radical (unpaired) electrons. The molecule has 0 spiro atoms. The first-order chi connectivity index (χ1) is 5.07. The van der Waals surface area contributed by atoms with Gasteiger partial charge in [0.1, 0.15) is 0 Å². The SMILES string of the molecule is CNC(=O)OCN(C)C(=O)O. The zero-order chi connectivity index (χ0) is 8.85. The first-order valence-corrected chi connectivity index (χ1v) is 2.86. The third-order valence-electron chi connectivity index (χ3n) is 0.920. The minimum Gasteiger partial charge on any atom is -0.465 e. The first kappa shape index (κ1) is 9.54. The van der Waals surface area contributed by atoms with Crippen molar-refractivity contribution >= 4 is 12.2 Å². The first-order valence-electron chi connectivity index (χ1n) is 2.86. The number of carbonyl (C=O) groups excluding carboxylic acids is 1. The summed E-state index contributed by atoms with van der Waals surface area (Å²) < 4.78 is 4.41. The van der Waals surface area contributed by atoms with Crippen molar-refractivity contribution in [1.29, 1.82) is 0 Å². The van der Waals surface area contributed by atoms with Crippen LogP contribution >= 0.6 is 0 Å². The Labute approximate surface area is 63.7 Å². The zero-order valence-electron chi connectivity index (χ0n) is 6.33. The van der Waals surface area contributed by atoms with E-state index in [0.717, 1.165) is 4.90 Å². The van der Waals surface area contributed by atoms with Crippen molar-refractivity contribution in [3.8, 4) is 0 Å². The van der Waals surface area contributed by atoms with Gasteiger partial charge >= 0.3 is 12.2 Å². The lowest BCUT2D eigenvalue weighted by atomic mass is 10.9. The normalized spacial score (nSPS) is 8.55. The molecule has 6 heteroatoms. The molecule has 2 amide bonds. The summed E-state index contributed by atoms with van der Waals surface area (Å²) in [4.78, 5) is 21.3. The highest BCUT2D eigenvalue weighted by atomic mass is 16.6. The third kappa shape index (κ3) is 4.01. The van der Waals surface area contributed by atoms with Crippen LogP contribution in [-0.2, 0) is 4.74 Å². The lowest BCUT2D eigenvalue weighted by Gasteiger charge is -2.11. The average molecular weight is 162 g/mol. The van der Waals surface area contributed by atoms with Gasteiger partial charge in [-0.1, -0.05) is 0 Å². The molecule has 0 saturated heterocycles. The van der Waals surface area contributed by atoms with Crippen LogP contribution in [0.3, 0.4) is 0 Å². The molecule has 0 aromatic carbocycles. The number of ether oxygens (including phenoxy) is 1. The van der Waals surface area contributed by atoms with E-state index in [0.29, 0.717) is 0 Å². The molecule has 0 aromatic rings. The minimum absolute atomic E-state index is 0.269. The van der Waals surface area contributed by atoms with Crippen molar-refractivity contribution in [3.63, 3.8) is 0 Å². The van der Waals surface area contributed by atoms with Gasteiger partial charge in [-0.15, -0.1) is 0 Å². The van der Waals surface area contributed by atoms with Gasteiger partial charge in [-0.2, -0.15) is 0 Å². The fraction of sp³-hybridized carbons (Fsp3) is 0.600. The summed E-state index contributed by atoms with van der Waals surface area (Å²) in [5.41, 5.74) is 0. The van der Waals surface area contributed by atoms with Gasteiger partial charge in [0.15, 0.2) is 6.73 Å². The number of hydrogen-bond donors (Lipinski definition) is 2. The van der Waals surface area contributed by atoms with E-state index in [1.54, 1.807) is 0 Å². The summed E-state index contributed by atoms with van der Waals surface area (Å²) in [6.07, 6.45) is -1.80. The fourth-order valence-corrected chi connectivity index (χ4v) is 0.283. The molecule has 0 fully saturated rings. The summed E-state index contributed by atoms with van der Waals surface area (Å²) in [5.74, 6) is 0. The van der Waals surface area contributed by atoms with Gasteiger partial charge in [-0.05, 0) is 0 Å². The molecule has 0 rings (SSSR count). The van der Waals surface area contributed by atoms with Gasteiger partial charge in [-0.3, -0.25) is 4.90 Å². The zero-order valence-corrected chi connectivity index (χ0v) is 6.33. The molecular formula is C5H10N2O4. The van der Waals surface area contributed by atoms with E-state index in [1.165, 1.54) is 14.1 Å². The van der Waals surface area contributed by atoms with Gasteiger partial charge in [0.2, 0.25) is 0 Å². The van der Waals surface area contributed by atoms with Crippen LogP contribution < -0.4 is 5.32 Å². The predicted octanol–water partition coefficient (Wildman–Crippen LogP) is -0.0903. The molecule has 0 aliphatic rings. The maximum absolute atomic E-state index is 10.4. The Balaban J connectivity index is 3.54. The minimum atomic E-state index is -1.14. The second-order valence-electron chi connectivity index (χ2n) is 1.79. The molecular weight excluding hydrogens is 152 g/mol. The van der Waals surface area contributed by atoms with Crippen LogP contribution in [0.5, 0.6) is 0 Å². The lowest BCUT2D eigenvalue weighted by Crippen LogP contribution is -2.31. The summed E-state index contributed by atoms with van der Waals surface area (Å²) in [7, 11) is 2.69. The summed E-state index contributed by atoms with van der Waals surface area (Å²) in [6, 6.07) is 0. The molecule has 64 valence electrons. The van der Waals surface area contributed by atoms with Crippen LogP contribution in [0.15, 0.2) is 0 Å².